The molecule has 2 amide bonds. The first kappa shape index (κ1) is 13.9. The first-order valence-corrected chi connectivity index (χ1v) is 7.19. The monoisotopic (exact) mass is 282 g/mol. The number of carbonyl (C=O) groups excluding carboxylic acids is 1. The molecule has 0 aliphatic carbocycles. The van der Waals surface area contributed by atoms with Gasteiger partial charge in [0, 0.05) is 22.8 Å². The zero-order chi connectivity index (χ0) is 13.8. The predicted molar refractivity (Wildman–Crippen MR) is 73.2 cm³/mol. The number of hydrogen-bond acceptors (Lipinski definition) is 3. The van der Waals surface area contributed by atoms with Gasteiger partial charge in [-0.2, -0.15) is 0 Å². The maximum Gasteiger partial charge on any atom is 0.317 e. The van der Waals surface area contributed by atoms with Gasteiger partial charge in [0.05, 0.1) is 12.5 Å². The van der Waals surface area contributed by atoms with Crippen molar-refractivity contribution in [1.29, 1.82) is 0 Å². The van der Waals surface area contributed by atoms with Crippen LogP contribution in [-0.4, -0.2) is 35.1 Å². The van der Waals surface area contributed by atoms with Gasteiger partial charge in [-0.3, -0.25) is 4.79 Å². The number of piperidine rings is 1. The van der Waals surface area contributed by atoms with Crippen molar-refractivity contribution in [2.45, 2.75) is 26.3 Å². The molecule has 1 unspecified atom stereocenters. The zero-order valence-corrected chi connectivity index (χ0v) is 11.7. The minimum atomic E-state index is -0.814. The van der Waals surface area contributed by atoms with Gasteiger partial charge in [-0.05, 0) is 31.9 Å². The predicted octanol–water partition coefficient (Wildman–Crippen LogP) is 2.06. The molecule has 6 heteroatoms. The third kappa shape index (κ3) is 3.70. The summed E-state index contributed by atoms with van der Waals surface area (Å²) in [5, 5.41) is 11.8. The van der Waals surface area contributed by atoms with Crippen LogP contribution in [0.25, 0.3) is 0 Å². The van der Waals surface area contributed by atoms with Crippen LogP contribution < -0.4 is 5.32 Å². The smallest absolute Gasteiger partial charge is 0.317 e. The van der Waals surface area contributed by atoms with Crippen molar-refractivity contribution < 1.29 is 14.7 Å². The van der Waals surface area contributed by atoms with Crippen LogP contribution in [0, 0.1) is 12.8 Å². The fraction of sp³-hybridized carbons (Fsp3) is 0.538. The number of aliphatic carboxylic acids is 1. The molecule has 19 heavy (non-hydrogen) atoms. The molecule has 1 fully saturated rings. The van der Waals surface area contributed by atoms with Crippen LogP contribution in [0.4, 0.5) is 4.79 Å². The van der Waals surface area contributed by atoms with E-state index in [4.69, 9.17) is 5.11 Å². The van der Waals surface area contributed by atoms with E-state index in [9.17, 15) is 9.59 Å². The highest BCUT2D eigenvalue weighted by molar-refractivity contribution is 7.11. The lowest BCUT2D eigenvalue weighted by molar-refractivity contribution is -0.143. The Morgan fingerprint density at radius 1 is 1.53 bits per heavy atom. The highest BCUT2D eigenvalue weighted by Crippen LogP contribution is 2.17. The topological polar surface area (TPSA) is 69.6 Å². The minimum absolute atomic E-state index is 0.169. The summed E-state index contributed by atoms with van der Waals surface area (Å²) in [4.78, 5) is 26.8. The van der Waals surface area contributed by atoms with E-state index in [0.29, 0.717) is 26.1 Å². The molecule has 0 spiro atoms. The molecular formula is C13H18N2O3S. The minimum Gasteiger partial charge on any atom is -0.481 e. The number of thiophene rings is 1. The second-order valence-electron chi connectivity index (χ2n) is 4.79. The fourth-order valence-corrected chi connectivity index (χ4v) is 3.05. The number of carboxylic acids is 1. The number of carboxylic acid groups (broad SMARTS) is 1. The summed E-state index contributed by atoms with van der Waals surface area (Å²) < 4.78 is 0. The van der Waals surface area contributed by atoms with Crippen molar-refractivity contribution in [3.63, 3.8) is 0 Å². The maximum absolute atomic E-state index is 12.0. The summed E-state index contributed by atoms with van der Waals surface area (Å²) in [5.41, 5.74) is 0. The van der Waals surface area contributed by atoms with E-state index in [1.54, 1.807) is 16.2 Å². The number of nitrogens with zero attached hydrogens (tertiary/aromatic N) is 1. The van der Waals surface area contributed by atoms with E-state index in [0.717, 1.165) is 11.3 Å². The molecule has 0 radical (unpaired) electrons. The lowest BCUT2D eigenvalue weighted by Gasteiger charge is -2.30. The maximum atomic E-state index is 12.0. The Kier molecular flexibility index (Phi) is 4.42. The first-order valence-electron chi connectivity index (χ1n) is 6.37. The first-order chi connectivity index (χ1) is 9.06. The van der Waals surface area contributed by atoms with Crippen LogP contribution >= 0.6 is 11.3 Å². The highest BCUT2D eigenvalue weighted by atomic mass is 32.1. The third-order valence-electron chi connectivity index (χ3n) is 3.27. The standard InChI is InChI=1S/C13H18N2O3S/c1-9-4-5-11(19-9)7-14-13(18)15-6-2-3-10(8-15)12(16)17/h4-5,10H,2-3,6-8H2,1H3,(H,14,18)(H,16,17). The lowest BCUT2D eigenvalue weighted by atomic mass is 9.99. The summed E-state index contributed by atoms with van der Waals surface area (Å²) in [7, 11) is 0. The second kappa shape index (κ2) is 6.06. The van der Waals surface area contributed by atoms with Crippen LogP contribution in [0.2, 0.25) is 0 Å². The van der Waals surface area contributed by atoms with Crippen molar-refractivity contribution in [3.8, 4) is 0 Å². The Morgan fingerprint density at radius 2 is 2.32 bits per heavy atom. The van der Waals surface area contributed by atoms with E-state index in [-0.39, 0.29) is 6.03 Å². The van der Waals surface area contributed by atoms with Crippen LogP contribution in [0.5, 0.6) is 0 Å². The van der Waals surface area contributed by atoms with Crippen LogP contribution in [-0.2, 0) is 11.3 Å². The number of aryl methyl sites for hydroxylation is 1. The van der Waals surface area contributed by atoms with Crippen molar-refractivity contribution in [1.82, 2.24) is 10.2 Å². The average molecular weight is 282 g/mol. The van der Waals surface area contributed by atoms with Gasteiger partial charge < -0.3 is 15.3 Å². The van der Waals surface area contributed by atoms with Gasteiger partial charge in [-0.25, -0.2) is 4.79 Å². The molecule has 1 aliphatic rings. The van der Waals surface area contributed by atoms with E-state index < -0.39 is 11.9 Å². The third-order valence-corrected chi connectivity index (χ3v) is 4.27. The van der Waals surface area contributed by atoms with Crippen molar-refractivity contribution >= 4 is 23.3 Å². The Balaban J connectivity index is 1.84. The van der Waals surface area contributed by atoms with Gasteiger partial charge in [-0.15, -0.1) is 11.3 Å². The van der Waals surface area contributed by atoms with E-state index in [1.165, 1.54) is 4.88 Å². The molecule has 0 bridgehead atoms. The van der Waals surface area contributed by atoms with Crippen LogP contribution in [0.3, 0.4) is 0 Å². The summed E-state index contributed by atoms with van der Waals surface area (Å²) in [5.74, 6) is -1.24. The quantitative estimate of drug-likeness (QED) is 0.891. The summed E-state index contributed by atoms with van der Waals surface area (Å²) in [6.07, 6.45) is 1.41. The zero-order valence-electron chi connectivity index (χ0n) is 10.9. The fourth-order valence-electron chi connectivity index (χ4n) is 2.22. The highest BCUT2D eigenvalue weighted by Gasteiger charge is 2.27. The van der Waals surface area contributed by atoms with Crippen molar-refractivity contribution in [3.05, 3.63) is 21.9 Å². The molecule has 1 aliphatic heterocycles. The summed E-state index contributed by atoms with van der Waals surface area (Å²) >= 11 is 1.65. The van der Waals surface area contributed by atoms with Gasteiger partial charge in [0.1, 0.15) is 0 Å². The Bertz CT molecular complexity index is 472. The van der Waals surface area contributed by atoms with Gasteiger partial charge in [-0.1, -0.05) is 0 Å². The number of nitrogens with one attached hydrogen (secondary N) is 1. The van der Waals surface area contributed by atoms with E-state index in [1.807, 2.05) is 19.1 Å². The molecule has 1 atom stereocenters. The lowest BCUT2D eigenvalue weighted by Crippen LogP contribution is -2.46. The summed E-state index contributed by atoms with van der Waals surface area (Å²) in [6.45, 7) is 3.48. The molecule has 104 valence electrons. The van der Waals surface area contributed by atoms with Crippen molar-refractivity contribution in [2.75, 3.05) is 13.1 Å². The largest absolute Gasteiger partial charge is 0.481 e. The molecule has 1 aromatic heterocycles. The Morgan fingerprint density at radius 3 is 2.95 bits per heavy atom. The molecular weight excluding hydrogens is 264 g/mol. The van der Waals surface area contributed by atoms with E-state index >= 15 is 0 Å². The SMILES string of the molecule is Cc1ccc(CNC(=O)N2CCCC(C(=O)O)C2)s1. The van der Waals surface area contributed by atoms with Gasteiger partial charge in [0.15, 0.2) is 0 Å². The average Bonchev–Trinajstić information content (AvgIpc) is 2.82. The number of carbonyl (C=O) groups is 2. The number of likely N-dealkylation sites (tertiary alicyclic amines) is 1. The molecule has 2 heterocycles. The molecule has 2 rings (SSSR count). The Hall–Kier alpha value is -1.56. The van der Waals surface area contributed by atoms with Gasteiger partial charge in [0.25, 0.3) is 0 Å². The summed E-state index contributed by atoms with van der Waals surface area (Å²) in [6, 6.07) is 3.85. The number of rotatable bonds is 3. The molecule has 1 aromatic rings. The van der Waals surface area contributed by atoms with E-state index in [2.05, 4.69) is 5.32 Å². The van der Waals surface area contributed by atoms with Gasteiger partial charge >= 0.3 is 12.0 Å². The van der Waals surface area contributed by atoms with Crippen LogP contribution in [0.15, 0.2) is 12.1 Å². The number of urea groups is 1. The van der Waals surface area contributed by atoms with Gasteiger partial charge in [0.2, 0.25) is 0 Å². The Labute approximate surface area is 116 Å². The molecule has 5 nitrogen and oxygen atoms in total. The normalized spacial score (nSPS) is 19.2. The van der Waals surface area contributed by atoms with Crippen molar-refractivity contribution in [2.24, 2.45) is 5.92 Å². The molecule has 1 saturated heterocycles. The number of amides is 2. The van der Waals surface area contributed by atoms with Crippen LogP contribution in [0.1, 0.15) is 22.6 Å². The second-order valence-corrected chi connectivity index (χ2v) is 6.17. The molecule has 0 aromatic carbocycles. The molecule has 0 saturated carbocycles. The number of hydrogen-bond donors (Lipinski definition) is 2. The molecule has 2 N–H and O–H groups in total.